The summed E-state index contributed by atoms with van der Waals surface area (Å²) in [4.78, 5) is 0. The van der Waals surface area contributed by atoms with Gasteiger partial charge in [0.15, 0.2) is 0 Å². The van der Waals surface area contributed by atoms with Gasteiger partial charge in [-0.3, -0.25) is 0 Å². The summed E-state index contributed by atoms with van der Waals surface area (Å²) >= 11 is 0. The molecule has 0 aromatic heterocycles. The zero-order valence-corrected chi connectivity index (χ0v) is 6.92. The molecule has 1 aromatic rings. The van der Waals surface area contributed by atoms with E-state index in [1.807, 2.05) is 25.1 Å². The maximum Gasteiger partial charge on any atom is 0.119 e. The summed E-state index contributed by atoms with van der Waals surface area (Å²) in [6.45, 7) is 5.73. The van der Waals surface area contributed by atoms with Crippen LogP contribution in [0, 0.1) is 6.92 Å². The summed E-state index contributed by atoms with van der Waals surface area (Å²) in [7, 11) is 1.67. The van der Waals surface area contributed by atoms with E-state index in [0.29, 0.717) is 0 Å². The smallest absolute Gasteiger partial charge is 0.119 e. The molecule has 58 valence electrons. The van der Waals surface area contributed by atoms with Crippen LogP contribution in [0.5, 0.6) is 5.75 Å². The van der Waals surface area contributed by atoms with E-state index in [0.717, 1.165) is 11.3 Å². The number of benzene rings is 1. The Morgan fingerprint density at radius 3 is 2.64 bits per heavy atom. The molecule has 11 heavy (non-hydrogen) atoms. The lowest BCUT2D eigenvalue weighted by atomic mass is 10.1. The van der Waals surface area contributed by atoms with Crippen molar-refractivity contribution >= 4 is 6.08 Å². The van der Waals surface area contributed by atoms with Gasteiger partial charge in [-0.25, -0.2) is 0 Å². The third kappa shape index (κ3) is 1.84. The summed E-state index contributed by atoms with van der Waals surface area (Å²) < 4.78 is 5.09. The maximum atomic E-state index is 5.09. The molecule has 0 spiro atoms. The van der Waals surface area contributed by atoms with Gasteiger partial charge < -0.3 is 4.74 Å². The van der Waals surface area contributed by atoms with Gasteiger partial charge in [-0.15, -0.1) is 0 Å². The van der Waals surface area contributed by atoms with E-state index in [1.165, 1.54) is 5.56 Å². The average molecular weight is 148 g/mol. The van der Waals surface area contributed by atoms with Gasteiger partial charge >= 0.3 is 0 Å². The van der Waals surface area contributed by atoms with Crippen LogP contribution in [-0.4, -0.2) is 7.11 Å². The van der Waals surface area contributed by atoms with Gasteiger partial charge in [0.1, 0.15) is 5.75 Å². The van der Waals surface area contributed by atoms with Crippen LogP contribution in [0.1, 0.15) is 11.1 Å². The van der Waals surface area contributed by atoms with Crippen LogP contribution in [0.25, 0.3) is 6.08 Å². The van der Waals surface area contributed by atoms with Crippen LogP contribution in [0.2, 0.25) is 0 Å². The fourth-order valence-electron chi connectivity index (χ4n) is 1.01. The van der Waals surface area contributed by atoms with Crippen molar-refractivity contribution in [3.05, 3.63) is 35.9 Å². The molecule has 0 aliphatic carbocycles. The number of methoxy groups -OCH3 is 1. The van der Waals surface area contributed by atoms with Crippen LogP contribution >= 0.6 is 0 Å². The maximum absolute atomic E-state index is 5.09. The van der Waals surface area contributed by atoms with Gasteiger partial charge in [0, 0.05) is 0 Å². The largest absolute Gasteiger partial charge is 0.497 e. The number of rotatable bonds is 2. The van der Waals surface area contributed by atoms with Crippen LogP contribution in [-0.2, 0) is 0 Å². The molecule has 0 radical (unpaired) electrons. The molecule has 0 N–H and O–H groups in total. The molecule has 1 heteroatoms. The summed E-state index contributed by atoms with van der Waals surface area (Å²) in [5.41, 5.74) is 2.29. The third-order valence-corrected chi connectivity index (χ3v) is 1.54. The highest BCUT2D eigenvalue weighted by molar-refractivity contribution is 5.51. The second-order valence-corrected chi connectivity index (χ2v) is 2.49. The Balaban J connectivity index is 3.11. The number of ether oxygens (including phenoxy) is 1. The van der Waals surface area contributed by atoms with Gasteiger partial charge in [-0.1, -0.05) is 18.7 Å². The van der Waals surface area contributed by atoms with Gasteiger partial charge in [-0.05, 0) is 30.2 Å². The van der Waals surface area contributed by atoms with Crippen LogP contribution < -0.4 is 4.74 Å². The molecule has 0 atom stereocenters. The van der Waals surface area contributed by atoms with Crippen molar-refractivity contribution in [2.45, 2.75) is 6.92 Å². The van der Waals surface area contributed by atoms with Crippen LogP contribution in [0.15, 0.2) is 24.8 Å². The Morgan fingerprint density at radius 2 is 2.09 bits per heavy atom. The minimum absolute atomic E-state index is 0.889. The lowest BCUT2D eigenvalue weighted by Crippen LogP contribution is -1.84. The van der Waals surface area contributed by atoms with Crippen molar-refractivity contribution in [3.63, 3.8) is 0 Å². The molecule has 1 rings (SSSR count). The topological polar surface area (TPSA) is 9.23 Å². The predicted octanol–water partition coefficient (Wildman–Crippen LogP) is 2.65. The lowest BCUT2D eigenvalue weighted by molar-refractivity contribution is 0.414. The molecule has 1 nitrogen and oxygen atoms in total. The summed E-state index contributed by atoms with van der Waals surface area (Å²) in [6.07, 6.45) is 1.82. The lowest BCUT2D eigenvalue weighted by Gasteiger charge is -2.02. The van der Waals surface area contributed by atoms with Gasteiger partial charge in [0.25, 0.3) is 0 Å². The van der Waals surface area contributed by atoms with E-state index < -0.39 is 0 Å². The molecule has 0 fully saturated rings. The van der Waals surface area contributed by atoms with E-state index in [-0.39, 0.29) is 0 Å². The summed E-state index contributed by atoms with van der Waals surface area (Å²) in [6, 6.07) is 6.02. The second kappa shape index (κ2) is 3.24. The molecular weight excluding hydrogens is 136 g/mol. The monoisotopic (exact) mass is 148 g/mol. The van der Waals surface area contributed by atoms with Gasteiger partial charge in [-0.2, -0.15) is 0 Å². The summed E-state index contributed by atoms with van der Waals surface area (Å²) in [5.74, 6) is 0.889. The van der Waals surface area contributed by atoms with Crippen molar-refractivity contribution in [2.75, 3.05) is 7.11 Å². The molecule has 0 aliphatic rings. The Labute approximate surface area is 67.3 Å². The Morgan fingerprint density at radius 1 is 1.36 bits per heavy atom. The molecule has 0 bridgehead atoms. The highest BCUT2D eigenvalue weighted by atomic mass is 16.5. The average Bonchev–Trinajstić information content (AvgIpc) is 2.03. The normalized spacial score (nSPS) is 9.27. The van der Waals surface area contributed by atoms with E-state index in [2.05, 4.69) is 12.6 Å². The second-order valence-electron chi connectivity index (χ2n) is 2.49. The fourth-order valence-corrected chi connectivity index (χ4v) is 1.01. The molecule has 0 saturated carbocycles. The quantitative estimate of drug-likeness (QED) is 0.626. The fraction of sp³-hybridized carbons (Fsp3) is 0.200. The first-order valence-corrected chi connectivity index (χ1v) is 3.54. The van der Waals surface area contributed by atoms with Crippen molar-refractivity contribution in [2.24, 2.45) is 0 Å². The molecule has 0 saturated heterocycles. The SMILES string of the molecule is C=Cc1cc(C)cc(OC)c1. The first-order chi connectivity index (χ1) is 5.26. The minimum atomic E-state index is 0.889. The summed E-state index contributed by atoms with van der Waals surface area (Å²) in [5, 5.41) is 0. The highest BCUT2D eigenvalue weighted by Gasteiger charge is 1.93. The van der Waals surface area contributed by atoms with Crippen molar-refractivity contribution < 1.29 is 4.74 Å². The number of hydrogen-bond donors (Lipinski definition) is 0. The van der Waals surface area contributed by atoms with Crippen molar-refractivity contribution in [1.29, 1.82) is 0 Å². The highest BCUT2D eigenvalue weighted by Crippen LogP contribution is 2.16. The molecular formula is C10H12O. The van der Waals surface area contributed by atoms with Crippen molar-refractivity contribution in [1.82, 2.24) is 0 Å². The standard InChI is InChI=1S/C10H12O/c1-4-9-5-8(2)6-10(7-9)11-3/h4-7H,1H2,2-3H3. The third-order valence-electron chi connectivity index (χ3n) is 1.54. The first-order valence-electron chi connectivity index (χ1n) is 3.54. The minimum Gasteiger partial charge on any atom is -0.497 e. The molecule has 0 unspecified atom stereocenters. The zero-order chi connectivity index (χ0) is 8.27. The predicted molar refractivity (Wildman–Crippen MR) is 47.8 cm³/mol. The van der Waals surface area contributed by atoms with Crippen LogP contribution in [0.3, 0.4) is 0 Å². The Kier molecular flexibility index (Phi) is 2.32. The van der Waals surface area contributed by atoms with E-state index in [1.54, 1.807) is 7.11 Å². The Hall–Kier alpha value is -1.24. The first kappa shape index (κ1) is 7.86. The number of hydrogen-bond acceptors (Lipinski definition) is 1. The molecule has 0 heterocycles. The molecule has 0 aliphatic heterocycles. The molecule has 1 aromatic carbocycles. The Bertz CT molecular complexity index is 264. The number of aryl methyl sites for hydroxylation is 1. The van der Waals surface area contributed by atoms with E-state index in [4.69, 9.17) is 4.74 Å². The van der Waals surface area contributed by atoms with Crippen LogP contribution in [0.4, 0.5) is 0 Å². The van der Waals surface area contributed by atoms with Crippen molar-refractivity contribution in [3.8, 4) is 5.75 Å². The van der Waals surface area contributed by atoms with E-state index >= 15 is 0 Å². The van der Waals surface area contributed by atoms with E-state index in [9.17, 15) is 0 Å². The van der Waals surface area contributed by atoms with Gasteiger partial charge in [0.2, 0.25) is 0 Å². The zero-order valence-electron chi connectivity index (χ0n) is 6.92. The van der Waals surface area contributed by atoms with Gasteiger partial charge in [0.05, 0.1) is 7.11 Å². The molecule has 0 amide bonds.